The predicted octanol–water partition coefficient (Wildman–Crippen LogP) is 7.48. The second kappa shape index (κ2) is 13.2. The van der Waals surface area contributed by atoms with Crippen molar-refractivity contribution in [2.75, 3.05) is 0 Å². The van der Waals surface area contributed by atoms with E-state index in [0.29, 0.717) is 13.0 Å². The van der Waals surface area contributed by atoms with Gasteiger partial charge in [0.2, 0.25) is 0 Å². The van der Waals surface area contributed by atoms with E-state index in [0.717, 1.165) is 5.56 Å². The Morgan fingerprint density at radius 1 is 0.967 bits per heavy atom. The topological polar surface area (TPSA) is 55.4 Å². The lowest BCUT2D eigenvalue weighted by atomic mass is 9.91. The second-order valence-electron chi connectivity index (χ2n) is 8.97. The lowest BCUT2D eigenvalue weighted by molar-refractivity contribution is -0.118. The highest BCUT2D eigenvalue weighted by molar-refractivity contribution is 7.13. The minimum absolute atomic E-state index is 0.172. The fraction of sp³-hybridized carbons (Fsp3) is 0.520. The number of rotatable bonds is 4. The van der Waals surface area contributed by atoms with Gasteiger partial charge in [0.05, 0.1) is 0 Å². The second-order valence-corrected chi connectivity index (χ2v) is 9.92. The van der Waals surface area contributed by atoms with Crippen LogP contribution in [0.25, 0.3) is 10.4 Å². The first-order valence-electron chi connectivity index (χ1n) is 10.4. The molecule has 0 aliphatic heterocycles. The number of carbonyl (C=O) groups is 2. The molecule has 0 fully saturated rings. The number of nitrogens with one attached hydrogen (secondary N) is 1. The van der Waals surface area contributed by atoms with Crippen molar-refractivity contribution in [1.82, 2.24) is 5.32 Å². The molecule has 0 aliphatic rings. The zero-order chi connectivity index (χ0) is 23.4. The van der Waals surface area contributed by atoms with Gasteiger partial charge >= 0.3 is 6.09 Å². The summed E-state index contributed by atoms with van der Waals surface area (Å²) < 4.78 is 5.19. The molecule has 2 aromatic rings. The van der Waals surface area contributed by atoms with E-state index < -0.39 is 5.60 Å². The Balaban J connectivity index is 0.000000712. The fourth-order valence-corrected chi connectivity index (χ4v) is 3.20. The van der Waals surface area contributed by atoms with Crippen LogP contribution in [0.15, 0.2) is 41.8 Å². The molecule has 0 aliphatic carbocycles. The molecule has 5 heteroatoms. The Bertz CT molecular complexity index is 736. The molecule has 168 valence electrons. The van der Waals surface area contributed by atoms with Gasteiger partial charge < -0.3 is 14.8 Å². The number of Topliss-reactive ketones (excluding diaryl/α,β-unsaturated/α-hetero) is 1. The van der Waals surface area contributed by atoms with Crippen molar-refractivity contribution in [3.05, 3.63) is 47.3 Å². The summed E-state index contributed by atoms with van der Waals surface area (Å²) in [7, 11) is 0. The van der Waals surface area contributed by atoms with Crippen molar-refractivity contribution in [3.63, 3.8) is 0 Å². The Morgan fingerprint density at radius 2 is 1.53 bits per heavy atom. The number of amides is 1. The molecule has 1 aromatic carbocycles. The van der Waals surface area contributed by atoms with Gasteiger partial charge in [-0.2, -0.15) is 0 Å². The van der Waals surface area contributed by atoms with Gasteiger partial charge in [0.15, 0.2) is 0 Å². The molecule has 1 heterocycles. The van der Waals surface area contributed by atoms with Gasteiger partial charge in [-0.15, -0.1) is 11.3 Å². The zero-order valence-electron chi connectivity index (χ0n) is 20.1. The van der Waals surface area contributed by atoms with E-state index in [1.165, 1.54) is 10.4 Å². The molecule has 0 saturated carbocycles. The SMILES string of the molecule is CC.CC(=O)CC(C)(C)C.CC(C)(C)OC(=O)NCc1ccc(-c2cccs2)cc1. The Kier molecular flexibility index (Phi) is 12.3. The van der Waals surface area contributed by atoms with Crippen molar-refractivity contribution < 1.29 is 14.3 Å². The summed E-state index contributed by atoms with van der Waals surface area (Å²) in [6.45, 7) is 17.8. The molecular formula is C25H39NO3S. The summed E-state index contributed by atoms with van der Waals surface area (Å²) in [5.41, 5.74) is 1.95. The van der Waals surface area contributed by atoms with E-state index in [-0.39, 0.29) is 17.3 Å². The van der Waals surface area contributed by atoms with Crippen LogP contribution in [0.5, 0.6) is 0 Å². The van der Waals surface area contributed by atoms with E-state index in [1.54, 1.807) is 18.3 Å². The summed E-state index contributed by atoms with van der Waals surface area (Å²) in [5.74, 6) is 0.275. The predicted molar refractivity (Wildman–Crippen MR) is 129 cm³/mol. The Morgan fingerprint density at radius 3 is 1.90 bits per heavy atom. The largest absolute Gasteiger partial charge is 0.444 e. The van der Waals surface area contributed by atoms with Crippen LogP contribution >= 0.6 is 11.3 Å². The summed E-state index contributed by atoms with van der Waals surface area (Å²) in [4.78, 5) is 23.3. The molecule has 30 heavy (non-hydrogen) atoms. The van der Waals surface area contributed by atoms with Gasteiger partial charge in [-0.25, -0.2) is 4.79 Å². The van der Waals surface area contributed by atoms with Crippen LogP contribution in [0.2, 0.25) is 0 Å². The van der Waals surface area contributed by atoms with E-state index in [2.05, 4.69) is 49.7 Å². The average molecular weight is 434 g/mol. The quantitative estimate of drug-likeness (QED) is 0.544. The number of alkyl carbamates (subject to hydrolysis) is 1. The molecule has 4 nitrogen and oxygen atoms in total. The number of hydrogen-bond donors (Lipinski definition) is 1. The van der Waals surface area contributed by atoms with Crippen molar-refractivity contribution >= 4 is 23.2 Å². The maximum absolute atomic E-state index is 11.6. The monoisotopic (exact) mass is 433 g/mol. The number of hydrogen-bond acceptors (Lipinski definition) is 4. The Labute approximate surface area is 187 Å². The first-order chi connectivity index (χ1) is 13.9. The Hall–Kier alpha value is -2.14. The van der Waals surface area contributed by atoms with Gasteiger partial charge in [0.25, 0.3) is 0 Å². The van der Waals surface area contributed by atoms with Gasteiger partial charge in [0.1, 0.15) is 11.4 Å². The number of benzene rings is 1. The van der Waals surface area contributed by atoms with Gasteiger partial charge in [0, 0.05) is 17.8 Å². The van der Waals surface area contributed by atoms with Crippen LogP contribution in [0.3, 0.4) is 0 Å². The van der Waals surface area contributed by atoms with Crippen molar-refractivity contribution in [1.29, 1.82) is 0 Å². The molecule has 1 aromatic heterocycles. The smallest absolute Gasteiger partial charge is 0.407 e. The molecular weight excluding hydrogens is 394 g/mol. The first kappa shape index (κ1) is 27.9. The average Bonchev–Trinajstić information content (AvgIpc) is 3.14. The van der Waals surface area contributed by atoms with Crippen LogP contribution in [0, 0.1) is 5.41 Å². The van der Waals surface area contributed by atoms with Crippen molar-refractivity contribution in [3.8, 4) is 10.4 Å². The summed E-state index contributed by atoms with van der Waals surface area (Å²) in [6, 6.07) is 12.3. The molecule has 1 N–H and O–H groups in total. The first-order valence-corrected chi connectivity index (χ1v) is 11.3. The molecule has 0 bridgehead atoms. The molecule has 0 spiro atoms. The normalized spacial score (nSPS) is 10.7. The van der Waals surface area contributed by atoms with E-state index in [4.69, 9.17) is 4.74 Å². The molecule has 0 unspecified atom stereocenters. The van der Waals surface area contributed by atoms with Crippen LogP contribution in [-0.2, 0) is 16.1 Å². The lowest BCUT2D eigenvalue weighted by Crippen LogP contribution is -2.32. The number of ether oxygens (including phenoxy) is 1. The van der Waals surface area contributed by atoms with Gasteiger partial charge in [-0.05, 0) is 55.7 Å². The van der Waals surface area contributed by atoms with Crippen molar-refractivity contribution in [2.45, 2.75) is 80.9 Å². The minimum Gasteiger partial charge on any atom is -0.444 e. The van der Waals surface area contributed by atoms with E-state index in [9.17, 15) is 9.59 Å². The minimum atomic E-state index is -0.465. The van der Waals surface area contributed by atoms with E-state index in [1.807, 2.05) is 52.8 Å². The summed E-state index contributed by atoms with van der Waals surface area (Å²) in [5, 5.41) is 4.81. The van der Waals surface area contributed by atoms with Crippen LogP contribution in [-0.4, -0.2) is 17.5 Å². The summed E-state index contributed by atoms with van der Waals surface area (Å²) in [6.07, 6.45) is 0.298. The van der Waals surface area contributed by atoms with Gasteiger partial charge in [-0.3, -0.25) is 0 Å². The molecule has 0 saturated heterocycles. The summed E-state index contributed by atoms with van der Waals surface area (Å²) >= 11 is 1.72. The highest BCUT2D eigenvalue weighted by Crippen LogP contribution is 2.24. The van der Waals surface area contributed by atoms with Gasteiger partial charge in [-0.1, -0.05) is 65.0 Å². The maximum atomic E-state index is 11.6. The molecule has 0 atom stereocenters. The van der Waals surface area contributed by atoms with Crippen molar-refractivity contribution in [2.24, 2.45) is 5.41 Å². The molecule has 0 radical (unpaired) electrons. The fourth-order valence-electron chi connectivity index (χ4n) is 2.46. The van der Waals surface area contributed by atoms with E-state index >= 15 is 0 Å². The maximum Gasteiger partial charge on any atom is 0.407 e. The number of carbonyl (C=O) groups excluding carboxylic acids is 2. The third-order valence-electron chi connectivity index (χ3n) is 3.37. The van der Waals surface area contributed by atoms with Crippen LogP contribution in [0.4, 0.5) is 4.79 Å². The zero-order valence-corrected chi connectivity index (χ0v) is 20.9. The van der Waals surface area contributed by atoms with Crippen LogP contribution in [0.1, 0.15) is 74.3 Å². The standard InChI is InChI=1S/C16H19NO2S.C7H14O.C2H6/c1-16(2,3)19-15(18)17-11-12-6-8-13(9-7-12)14-5-4-10-20-14;1-6(8)5-7(2,3)4;1-2/h4-10H,11H2,1-3H3,(H,17,18);5H2,1-4H3;1-2H3. The number of thiophene rings is 1. The third-order valence-corrected chi connectivity index (χ3v) is 4.29. The third kappa shape index (κ3) is 13.9. The lowest BCUT2D eigenvalue weighted by Gasteiger charge is -2.19. The highest BCUT2D eigenvalue weighted by atomic mass is 32.1. The molecule has 1 amide bonds. The highest BCUT2D eigenvalue weighted by Gasteiger charge is 2.15. The number of ketones is 1. The molecule has 2 rings (SSSR count). The van der Waals surface area contributed by atoms with Crippen LogP contribution < -0.4 is 5.32 Å².